The lowest BCUT2D eigenvalue weighted by Gasteiger charge is -2.19. The lowest BCUT2D eigenvalue weighted by Crippen LogP contribution is -2.37. The summed E-state index contributed by atoms with van der Waals surface area (Å²) in [4.78, 5) is 37.8. The number of aryl methyl sites for hydroxylation is 2. The van der Waals surface area contributed by atoms with Crippen molar-refractivity contribution in [1.29, 1.82) is 0 Å². The molecule has 0 fully saturated rings. The van der Waals surface area contributed by atoms with Gasteiger partial charge in [0.05, 0.1) is 29.6 Å². The Morgan fingerprint density at radius 2 is 1.45 bits per heavy atom. The van der Waals surface area contributed by atoms with E-state index in [2.05, 4.69) is 16.0 Å². The molecule has 0 aliphatic carbocycles. The van der Waals surface area contributed by atoms with E-state index in [1.54, 1.807) is 24.3 Å². The molecule has 3 aromatic rings. The maximum Gasteiger partial charge on any atom is 0.253 e. The Kier molecular flexibility index (Phi) is 8.22. The highest BCUT2D eigenvalue weighted by Crippen LogP contribution is 2.21. The SMILES string of the molecule is Cc1cccc(C)c1NC(=O)CNC(=O)C[C@H](NC(=O)c1ccccc1Cl)c1ccccc1. The van der Waals surface area contributed by atoms with Gasteiger partial charge < -0.3 is 16.0 Å². The second kappa shape index (κ2) is 11.3. The van der Waals surface area contributed by atoms with Crippen LogP contribution in [0, 0.1) is 13.8 Å². The van der Waals surface area contributed by atoms with Crippen molar-refractivity contribution in [2.75, 3.05) is 11.9 Å². The predicted molar refractivity (Wildman–Crippen MR) is 130 cm³/mol. The summed E-state index contributed by atoms with van der Waals surface area (Å²) in [5.74, 6) is -1.06. The summed E-state index contributed by atoms with van der Waals surface area (Å²) in [6.45, 7) is 3.65. The summed E-state index contributed by atoms with van der Waals surface area (Å²) in [5.41, 5.74) is 3.73. The highest BCUT2D eigenvalue weighted by molar-refractivity contribution is 6.33. The normalized spacial score (nSPS) is 11.4. The van der Waals surface area contributed by atoms with Gasteiger partial charge in [-0.2, -0.15) is 0 Å². The van der Waals surface area contributed by atoms with Gasteiger partial charge >= 0.3 is 0 Å². The molecule has 6 nitrogen and oxygen atoms in total. The van der Waals surface area contributed by atoms with Gasteiger partial charge in [0.25, 0.3) is 5.91 Å². The molecule has 0 radical (unpaired) electrons. The van der Waals surface area contributed by atoms with Crippen LogP contribution < -0.4 is 16.0 Å². The zero-order chi connectivity index (χ0) is 23.8. The van der Waals surface area contributed by atoms with Crippen molar-refractivity contribution < 1.29 is 14.4 Å². The topological polar surface area (TPSA) is 87.3 Å². The maximum atomic E-state index is 12.8. The molecule has 3 aromatic carbocycles. The van der Waals surface area contributed by atoms with Crippen LogP contribution in [0.5, 0.6) is 0 Å². The lowest BCUT2D eigenvalue weighted by molar-refractivity contribution is -0.124. The summed E-state index contributed by atoms with van der Waals surface area (Å²) in [6, 6.07) is 21.1. The highest BCUT2D eigenvalue weighted by Gasteiger charge is 2.21. The number of rotatable bonds is 8. The first kappa shape index (κ1) is 24.0. The van der Waals surface area contributed by atoms with Gasteiger partial charge in [-0.1, -0.05) is 72.3 Å². The van der Waals surface area contributed by atoms with Crippen LogP contribution in [0.2, 0.25) is 5.02 Å². The molecule has 0 spiro atoms. The predicted octanol–water partition coefficient (Wildman–Crippen LogP) is 4.57. The molecule has 0 unspecified atom stereocenters. The molecule has 3 N–H and O–H groups in total. The molecule has 3 rings (SSSR count). The summed E-state index contributed by atoms with van der Waals surface area (Å²) in [7, 11) is 0. The van der Waals surface area contributed by atoms with E-state index < -0.39 is 6.04 Å². The fourth-order valence-corrected chi connectivity index (χ4v) is 3.67. The van der Waals surface area contributed by atoms with Crippen LogP contribution in [0.3, 0.4) is 0 Å². The summed E-state index contributed by atoms with van der Waals surface area (Å²) < 4.78 is 0. The van der Waals surface area contributed by atoms with Gasteiger partial charge in [0, 0.05) is 5.69 Å². The molecule has 7 heteroatoms. The summed E-state index contributed by atoms with van der Waals surface area (Å²) >= 11 is 6.14. The molecule has 3 amide bonds. The molecule has 0 aliphatic heterocycles. The first-order valence-corrected chi connectivity index (χ1v) is 11.0. The zero-order valence-corrected chi connectivity index (χ0v) is 19.3. The Hall–Kier alpha value is -3.64. The van der Waals surface area contributed by atoms with E-state index in [0.717, 1.165) is 22.4 Å². The van der Waals surface area contributed by atoms with Crippen molar-refractivity contribution >= 4 is 35.0 Å². The highest BCUT2D eigenvalue weighted by atomic mass is 35.5. The standard InChI is InChI=1S/C26H26ClN3O3/c1-17-9-8-10-18(2)25(17)30-24(32)16-28-23(31)15-22(19-11-4-3-5-12-19)29-26(33)20-13-6-7-14-21(20)27/h3-14,22H,15-16H2,1-2H3,(H,28,31)(H,29,33)(H,30,32)/t22-/m0/s1. The van der Waals surface area contributed by atoms with E-state index in [4.69, 9.17) is 11.6 Å². The van der Waals surface area contributed by atoms with Crippen LogP contribution >= 0.6 is 11.6 Å². The Balaban J connectivity index is 1.63. The van der Waals surface area contributed by atoms with Gasteiger partial charge in [-0.15, -0.1) is 0 Å². The number of hydrogen-bond donors (Lipinski definition) is 3. The van der Waals surface area contributed by atoms with E-state index in [-0.39, 0.29) is 30.7 Å². The lowest BCUT2D eigenvalue weighted by atomic mass is 10.0. The molecular weight excluding hydrogens is 438 g/mol. The number of benzene rings is 3. The second-order valence-electron chi connectivity index (χ2n) is 7.71. The molecule has 1 atom stereocenters. The number of anilines is 1. The van der Waals surface area contributed by atoms with Crippen LogP contribution in [0.4, 0.5) is 5.69 Å². The van der Waals surface area contributed by atoms with Crippen molar-refractivity contribution in [3.8, 4) is 0 Å². The van der Waals surface area contributed by atoms with Crippen molar-refractivity contribution in [1.82, 2.24) is 10.6 Å². The third kappa shape index (κ3) is 6.67. The van der Waals surface area contributed by atoms with E-state index in [1.165, 1.54) is 0 Å². The Labute approximate surface area is 198 Å². The quantitative estimate of drug-likeness (QED) is 0.457. The fourth-order valence-electron chi connectivity index (χ4n) is 3.45. The van der Waals surface area contributed by atoms with Gasteiger partial charge in [0.1, 0.15) is 0 Å². The van der Waals surface area contributed by atoms with Crippen molar-refractivity contribution in [2.24, 2.45) is 0 Å². The maximum absolute atomic E-state index is 12.8. The molecule has 0 heterocycles. The van der Waals surface area contributed by atoms with Gasteiger partial charge in [-0.05, 0) is 42.7 Å². The Morgan fingerprint density at radius 1 is 0.818 bits per heavy atom. The number of amides is 3. The third-order valence-electron chi connectivity index (χ3n) is 5.21. The molecule has 0 saturated carbocycles. The van der Waals surface area contributed by atoms with Gasteiger partial charge in [0.15, 0.2) is 0 Å². The Morgan fingerprint density at radius 3 is 2.12 bits per heavy atom. The summed E-state index contributed by atoms with van der Waals surface area (Å²) in [6.07, 6.45) is -0.0309. The van der Waals surface area contributed by atoms with Crippen molar-refractivity contribution in [2.45, 2.75) is 26.3 Å². The molecular formula is C26H26ClN3O3. The van der Waals surface area contributed by atoms with Crippen LogP contribution in [-0.2, 0) is 9.59 Å². The Bertz CT molecular complexity index is 1130. The van der Waals surface area contributed by atoms with Crippen LogP contribution in [0.15, 0.2) is 72.8 Å². The zero-order valence-electron chi connectivity index (χ0n) is 18.5. The molecule has 0 bridgehead atoms. The molecule has 33 heavy (non-hydrogen) atoms. The van der Waals surface area contributed by atoms with Crippen LogP contribution in [0.25, 0.3) is 0 Å². The van der Waals surface area contributed by atoms with Crippen LogP contribution in [-0.4, -0.2) is 24.3 Å². The largest absolute Gasteiger partial charge is 0.347 e. The number of hydrogen-bond acceptors (Lipinski definition) is 3. The van der Waals surface area contributed by atoms with Gasteiger partial charge in [-0.3, -0.25) is 14.4 Å². The fraction of sp³-hybridized carbons (Fsp3) is 0.192. The average molecular weight is 464 g/mol. The first-order chi connectivity index (χ1) is 15.8. The minimum Gasteiger partial charge on any atom is -0.347 e. The number of carbonyl (C=O) groups is 3. The monoisotopic (exact) mass is 463 g/mol. The molecule has 170 valence electrons. The van der Waals surface area contributed by atoms with E-state index in [9.17, 15) is 14.4 Å². The van der Waals surface area contributed by atoms with E-state index >= 15 is 0 Å². The van der Waals surface area contributed by atoms with Crippen molar-refractivity contribution in [3.05, 3.63) is 100 Å². The van der Waals surface area contributed by atoms with E-state index in [0.29, 0.717) is 10.6 Å². The van der Waals surface area contributed by atoms with Crippen LogP contribution in [0.1, 0.15) is 39.5 Å². The minimum atomic E-state index is -0.586. The third-order valence-corrected chi connectivity index (χ3v) is 5.54. The molecule has 0 aromatic heterocycles. The molecule has 0 saturated heterocycles. The van der Waals surface area contributed by atoms with Gasteiger partial charge in [0.2, 0.25) is 11.8 Å². The number of nitrogens with one attached hydrogen (secondary N) is 3. The smallest absolute Gasteiger partial charge is 0.253 e. The van der Waals surface area contributed by atoms with Crippen molar-refractivity contribution in [3.63, 3.8) is 0 Å². The van der Waals surface area contributed by atoms with Gasteiger partial charge in [-0.25, -0.2) is 0 Å². The summed E-state index contributed by atoms with van der Waals surface area (Å²) in [5, 5.41) is 8.69. The first-order valence-electron chi connectivity index (χ1n) is 10.6. The number of carbonyl (C=O) groups excluding carboxylic acids is 3. The number of para-hydroxylation sites is 1. The second-order valence-corrected chi connectivity index (χ2v) is 8.12. The molecule has 0 aliphatic rings. The number of halogens is 1. The minimum absolute atomic E-state index is 0.0309. The van der Waals surface area contributed by atoms with E-state index in [1.807, 2.05) is 62.4 Å². The average Bonchev–Trinajstić information content (AvgIpc) is 2.80.